The molecule has 2 aromatic rings. The lowest BCUT2D eigenvalue weighted by Crippen LogP contribution is -2.20. The number of nitro groups is 1. The van der Waals surface area contributed by atoms with Gasteiger partial charge in [-0.3, -0.25) is 10.1 Å². The molecule has 2 rings (SSSR count). The predicted octanol–water partition coefficient (Wildman–Crippen LogP) is 2.26. The van der Waals surface area contributed by atoms with Crippen molar-refractivity contribution in [1.82, 2.24) is 9.97 Å². The van der Waals surface area contributed by atoms with Crippen molar-refractivity contribution >= 4 is 28.9 Å². The van der Waals surface area contributed by atoms with E-state index in [9.17, 15) is 10.1 Å². The maximum atomic E-state index is 11.1. The fourth-order valence-corrected chi connectivity index (χ4v) is 1.99. The molecule has 0 saturated heterocycles. The van der Waals surface area contributed by atoms with Gasteiger partial charge in [0.15, 0.2) is 0 Å². The summed E-state index contributed by atoms with van der Waals surface area (Å²) in [6, 6.07) is 7.26. The molecule has 7 nitrogen and oxygen atoms in total. The maximum Gasteiger partial charge on any atom is 0.353 e. The second-order valence-corrected chi connectivity index (χ2v) is 4.54. The average Bonchev–Trinajstić information content (AvgIpc) is 2.40. The van der Waals surface area contributed by atoms with Gasteiger partial charge in [0.2, 0.25) is 11.6 Å². The van der Waals surface area contributed by atoms with Crippen LogP contribution in [0.15, 0.2) is 30.6 Å². The zero-order chi connectivity index (χ0) is 14.7. The van der Waals surface area contributed by atoms with Crippen LogP contribution in [-0.2, 0) is 6.54 Å². The van der Waals surface area contributed by atoms with Crippen LogP contribution in [0.1, 0.15) is 5.56 Å². The van der Waals surface area contributed by atoms with Crippen LogP contribution in [0.5, 0.6) is 0 Å². The molecule has 0 aliphatic rings. The quantitative estimate of drug-likeness (QED) is 0.686. The molecule has 0 unspecified atom stereocenters. The third kappa shape index (κ3) is 2.77. The van der Waals surface area contributed by atoms with Crippen LogP contribution in [-0.4, -0.2) is 21.9 Å². The van der Waals surface area contributed by atoms with Crippen LogP contribution in [0, 0.1) is 10.1 Å². The molecule has 0 aliphatic carbocycles. The van der Waals surface area contributed by atoms with Gasteiger partial charge >= 0.3 is 5.69 Å². The lowest BCUT2D eigenvalue weighted by Gasteiger charge is -2.18. The van der Waals surface area contributed by atoms with Gasteiger partial charge in [-0.05, 0) is 11.6 Å². The van der Waals surface area contributed by atoms with E-state index in [1.54, 1.807) is 18.0 Å². The van der Waals surface area contributed by atoms with Crippen molar-refractivity contribution in [3.63, 3.8) is 0 Å². The normalized spacial score (nSPS) is 10.3. The number of rotatable bonds is 4. The van der Waals surface area contributed by atoms with Crippen LogP contribution in [0.2, 0.25) is 5.02 Å². The van der Waals surface area contributed by atoms with Crippen LogP contribution in [0.3, 0.4) is 0 Å². The summed E-state index contributed by atoms with van der Waals surface area (Å²) < 4.78 is 0. The molecule has 0 aliphatic heterocycles. The number of nitrogen functional groups attached to an aromatic ring is 1. The van der Waals surface area contributed by atoms with E-state index in [-0.39, 0.29) is 17.3 Å². The van der Waals surface area contributed by atoms with Crippen LogP contribution in [0.4, 0.5) is 17.3 Å². The van der Waals surface area contributed by atoms with E-state index >= 15 is 0 Å². The molecule has 0 fully saturated rings. The molecule has 104 valence electrons. The first-order valence-corrected chi connectivity index (χ1v) is 6.08. The number of nitrogens with two attached hydrogens (primary N) is 1. The Morgan fingerprint density at radius 2 is 2.10 bits per heavy atom. The molecule has 0 bridgehead atoms. The van der Waals surface area contributed by atoms with E-state index < -0.39 is 4.92 Å². The van der Waals surface area contributed by atoms with E-state index in [0.717, 1.165) is 5.56 Å². The highest BCUT2D eigenvalue weighted by Gasteiger charge is 2.24. The van der Waals surface area contributed by atoms with Crippen molar-refractivity contribution in [2.75, 3.05) is 17.7 Å². The van der Waals surface area contributed by atoms with Crippen molar-refractivity contribution in [2.24, 2.45) is 0 Å². The zero-order valence-corrected chi connectivity index (χ0v) is 11.4. The predicted molar refractivity (Wildman–Crippen MR) is 76.7 cm³/mol. The Morgan fingerprint density at radius 1 is 1.40 bits per heavy atom. The average molecular weight is 294 g/mol. The van der Waals surface area contributed by atoms with Gasteiger partial charge in [0.1, 0.15) is 6.33 Å². The van der Waals surface area contributed by atoms with Crippen molar-refractivity contribution in [3.8, 4) is 0 Å². The van der Waals surface area contributed by atoms with Gasteiger partial charge in [0.25, 0.3) is 0 Å². The summed E-state index contributed by atoms with van der Waals surface area (Å²) in [5.41, 5.74) is 6.07. The minimum atomic E-state index is -0.590. The number of halogens is 1. The summed E-state index contributed by atoms with van der Waals surface area (Å²) >= 11 is 6.07. The highest BCUT2D eigenvalue weighted by atomic mass is 35.5. The highest BCUT2D eigenvalue weighted by Crippen LogP contribution is 2.30. The SMILES string of the molecule is CN(Cc1ccccc1Cl)c1ncnc(N)c1[N+](=O)[O-]. The largest absolute Gasteiger partial charge is 0.378 e. The van der Waals surface area contributed by atoms with Crippen molar-refractivity contribution in [1.29, 1.82) is 0 Å². The third-order valence-corrected chi connectivity index (χ3v) is 3.11. The Hall–Kier alpha value is -2.41. The number of anilines is 2. The Labute approximate surface area is 120 Å². The summed E-state index contributed by atoms with van der Waals surface area (Å²) in [4.78, 5) is 19.7. The molecule has 20 heavy (non-hydrogen) atoms. The second kappa shape index (κ2) is 5.70. The van der Waals surface area contributed by atoms with Gasteiger partial charge in [-0.2, -0.15) is 0 Å². The van der Waals surface area contributed by atoms with Gasteiger partial charge in [-0.1, -0.05) is 29.8 Å². The fourth-order valence-electron chi connectivity index (χ4n) is 1.79. The molecular formula is C12H12ClN5O2. The van der Waals surface area contributed by atoms with E-state index in [2.05, 4.69) is 9.97 Å². The number of benzene rings is 1. The molecule has 0 atom stereocenters. The summed E-state index contributed by atoms with van der Waals surface area (Å²) in [5.74, 6) is -0.00608. The van der Waals surface area contributed by atoms with Crippen LogP contribution in [0.25, 0.3) is 0 Å². The number of aromatic nitrogens is 2. The summed E-state index contributed by atoms with van der Waals surface area (Å²) in [5, 5.41) is 11.6. The minimum Gasteiger partial charge on any atom is -0.378 e. The first kappa shape index (κ1) is 14.0. The monoisotopic (exact) mass is 293 g/mol. The van der Waals surface area contributed by atoms with Gasteiger partial charge in [0.05, 0.1) is 4.92 Å². The lowest BCUT2D eigenvalue weighted by atomic mass is 10.2. The van der Waals surface area contributed by atoms with Crippen molar-refractivity contribution in [3.05, 3.63) is 51.3 Å². The topological polar surface area (TPSA) is 98.2 Å². The van der Waals surface area contributed by atoms with Crippen LogP contribution < -0.4 is 10.6 Å². The summed E-state index contributed by atoms with van der Waals surface area (Å²) in [6.07, 6.45) is 1.20. The van der Waals surface area contributed by atoms with Gasteiger partial charge in [-0.15, -0.1) is 0 Å². The molecule has 0 radical (unpaired) electrons. The second-order valence-electron chi connectivity index (χ2n) is 4.14. The number of hydrogen-bond acceptors (Lipinski definition) is 6. The smallest absolute Gasteiger partial charge is 0.353 e. The third-order valence-electron chi connectivity index (χ3n) is 2.74. The van der Waals surface area contributed by atoms with Gasteiger partial charge in [-0.25, -0.2) is 9.97 Å². The van der Waals surface area contributed by atoms with Gasteiger partial charge in [0, 0.05) is 18.6 Å². The minimum absolute atomic E-state index is 0.155. The Bertz CT molecular complexity index is 649. The summed E-state index contributed by atoms with van der Waals surface area (Å²) in [6.45, 7) is 0.372. The lowest BCUT2D eigenvalue weighted by molar-refractivity contribution is -0.383. The van der Waals surface area contributed by atoms with E-state index in [1.807, 2.05) is 18.2 Å². The molecule has 2 N–H and O–H groups in total. The first-order valence-electron chi connectivity index (χ1n) is 5.70. The standard InChI is InChI=1S/C12H12ClN5O2/c1-17(6-8-4-2-3-5-9(8)13)12-10(18(19)20)11(14)15-7-16-12/h2-5,7H,6H2,1H3,(H2,14,15,16). The molecule has 0 spiro atoms. The molecule has 8 heteroatoms. The van der Waals surface area contributed by atoms with Crippen molar-refractivity contribution < 1.29 is 4.92 Å². The Morgan fingerprint density at radius 3 is 2.75 bits per heavy atom. The van der Waals surface area contributed by atoms with E-state index in [0.29, 0.717) is 11.6 Å². The fraction of sp³-hybridized carbons (Fsp3) is 0.167. The summed E-state index contributed by atoms with van der Waals surface area (Å²) in [7, 11) is 1.68. The van der Waals surface area contributed by atoms with E-state index in [1.165, 1.54) is 6.33 Å². The zero-order valence-electron chi connectivity index (χ0n) is 10.7. The van der Waals surface area contributed by atoms with E-state index in [4.69, 9.17) is 17.3 Å². The molecule has 0 saturated carbocycles. The molecular weight excluding hydrogens is 282 g/mol. The highest BCUT2D eigenvalue weighted by molar-refractivity contribution is 6.31. The number of hydrogen-bond donors (Lipinski definition) is 1. The molecule has 1 aromatic heterocycles. The molecule has 1 heterocycles. The van der Waals surface area contributed by atoms with Crippen LogP contribution >= 0.6 is 11.6 Å². The first-order chi connectivity index (χ1) is 9.50. The van der Waals surface area contributed by atoms with Gasteiger partial charge < -0.3 is 10.6 Å². The van der Waals surface area contributed by atoms with Crippen molar-refractivity contribution in [2.45, 2.75) is 6.54 Å². The molecule has 0 amide bonds. The number of nitrogens with zero attached hydrogens (tertiary/aromatic N) is 4. The Balaban J connectivity index is 2.35. The maximum absolute atomic E-state index is 11.1. The molecule has 1 aromatic carbocycles. The Kier molecular flexibility index (Phi) is 3.99.